The second-order valence-electron chi connectivity index (χ2n) is 6.15. The van der Waals surface area contributed by atoms with Gasteiger partial charge in [-0.1, -0.05) is 17.3 Å². The summed E-state index contributed by atoms with van der Waals surface area (Å²) in [7, 11) is 0. The van der Waals surface area contributed by atoms with E-state index in [0.29, 0.717) is 23.9 Å². The molecule has 0 aliphatic carbocycles. The van der Waals surface area contributed by atoms with Gasteiger partial charge in [-0.15, -0.1) is 0 Å². The fraction of sp³-hybridized carbons (Fsp3) is 0.471. The van der Waals surface area contributed by atoms with E-state index in [1.165, 1.54) is 0 Å². The number of aliphatic hydroxyl groups is 1. The van der Waals surface area contributed by atoms with Gasteiger partial charge >= 0.3 is 0 Å². The second-order valence-corrected chi connectivity index (χ2v) is 6.15. The summed E-state index contributed by atoms with van der Waals surface area (Å²) in [5, 5.41) is 13.7. The first-order valence-corrected chi connectivity index (χ1v) is 7.96. The van der Waals surface area contributed by atoms with E-state index in [1.807, 2.05) is 31.2 Å². The van der Waals surface area contributed by atoms with Crippen LogP contribution in [0.1, 0.15) is 36.7 Å². The van der Waals surface area contributed by atoms with Crippen molar-refractivity contribution in [2.45, 2.75) is 45.4 Å². The van der Waals surface area contributed by atoms with E-state index in [4.69, 9.17) is 9.26 Å². The van der Waals surface area contributed by atoms with Gasteiger partial charge in [0.1, 0.15) is 11.8 Å². The van der Waals surface area contributed by atoms with E-state index in [9.17, 15) is 9.90 Å². The summed E-state index contributed by atoms with van der Waals surface area (Å²) in [4.78, 5) is 18.5. The maximum Gasteiger partial charge on any atom is 0.264 e. The lowest BCUT2D eigenvalue weighted by Crippen LogP contribution is -2.40. The van der Waals surface area contributed by atoms with Crippen LogP contribution in [0.2, 0.25) is 0 Å². The molecule has 1 aromatic heterocycles. The van der Waals surface area contributed by atoms with Crippen LogP contribution in [0.5, 0.6) is 5.75 Å². The predicted molar refractivity (Wildman–Crippen MR) is 85.4 cm³/mol. The first kappa shape index (κ1) is 16.4. The van der Waals surface area contributed by atoms with Crippen molar-refractivity contribution in [3.63, 3.8) is 0 Å². The standard InChI is InChI=1S/C17H21N3O4/c1-10-5-4-6-14(7-10)23-11(2)17(22)20-9-13(21)8-15(20)16-18-12(3)19-24-16/h4-7,11,13,15,21H,8-9H2,1-3H3/t11-,13-,15-/m1/s1. The third-order valence-corrected chi connectivity index (χ3v) is 4.04. The maximum atomic E-state index is 12.8. The van der Waals surface area contributed by atoms with Gasteiger partial charge in [0.05, 0.1) is 6.10 Å². The number of hydrogen-bond donors (Lipinski definition) is 1. The lowest BCUT2D eigenvalue weighted by Gasteiger charge is -2.25. The molecule has 7 heteroatoms. The number of aromatic nitrogens is 2. The molecule has 0 unspecified atom stereocenters. The zero-order valence-electron chi connectivity index (χ0n) is 14.0. The quantitative estimate of drug-likeness (QED) is 0.919. The molecule has 2 aromatic rings. The minimum Gasteiger partial charge on any atom is -0.481 e. The molecule has 2 heterocycles. The fourth-order valence-electron chi connectivity index (χ4n) is 2.92. The Balaban J connectivity index is 1.74. The monoisotopic (exact) mass is 331 g/mol. The third-order valence-electron chi connectivity index (χ3n) is 4.04. The number of carbonyl (C=O) groups is 1. The smallest absolute Gasteiger partial charge is 0.264 e. The Kier molecular flexibility index (Phi) is 4.53. The van der Waals surface area contributed by atoms with E-state index in [1.54, 1.807) is 18.7 Å². The Morgan fingerprint density at radius 3 is 2.92 bits per heavy atom. The Labute approximate surface area is 140 Å². The van der Waals surface area contributed by atoms with Crippen molar-refractivity contribution in [1.29, 1.82) is 0 Å². The highest BCUT2D eigenvalue weighted by Gasteiger charge is 2.40. The van der Waals surface area contributed by atoms with Crippen LogP contribution in [0.4, 0.5) is 0 Å². The van der Waals surface area contributed by atoms with Gasteiger partial charge in [-0.3, -0.25) is 4.79 Å². The van der Waals surface area contributed by atoms with E-state index < -0.39 is 18.2 Å². The van der Waals surface area contributed by atoms with E-state index in [2.05, 4.69) is 10.1 Å². The van der Waals surface area contributed by atoms with Crippen LogP contribution >= 0.6 is 0 Å². The molecule has 0 bridgehead atoms. The molecule has 0 saturated carbocycles. The first-order chi connectivity index (χ1) is 11.4. The summed E-state index contributed by atoms with van der Waals surface area (Å²) in [5.74, 6) is 1.28. The zero-order valence-corrected chi connectivity index (χ0v) is 14.0. The van der Waals surface area contributed by atoms with Crippen molar-refractivity contribution in [2.75, 3.05) is 6.54 Å². The third kappa shape index (κ3) is 3.41. The topological polar surface area (TPSA) is 88.7 Å². The van der Waals surface area contributed by atoms with Crippen molar-refractivity contribution in [3.05, 3.63) is 41.5 Å². The van der Waals surface area contributed by atoms with Crippen LogP contribution < -0.4 is 4.74 Å². The molecule has 7 nitrogen and oxygen atoms in total. The van der Waals surface area contributed by atoms with Crippen LogP contribution in [0, 0.1) is 13.8 Å². The predicted octanol–water partition coefficient (Wildman–Crippen LogP) is 1.79. The summed E-state index contributed by atoms with van der Waals surface area (Å²) in [6, 6.07) is 7.11. The van der Waals surface area contributed by atoms with Gasteiger partial charge in [-0.2, -0.15) is 4.98 Å². The number of ether oxygens (including phenoxy) is 1. The number of aryl methyl sites for hydroxylation is 2. The van der Waals surface area contributed by atoms with Crippen molar-refractivity contribution in [1.82, 2.24) is 15.0 Å². The Hall–Kier alpha value is -2.41. The molecule has 3 rings (SSSR count). The number of aliphatic hydroxyl groups excluding tert-OH is 1. The lowest BCUT2D eigenvalue weighted by atomic mass is 10.2. The molecule has 3 atom stereocenters. The van der Waals surface area contributed by atoms with E-state index in [0.717, 1.165) is 5.56 Å². The number of amides is 1. The average Bonchev–Trinajstić information content (AvgIpc) is 3.12. The molecule has 0 spiro atoms. The number of β-amino-alcohol motifs (C(OH)–C–C–N with tert-alkyl or cyclic N) is 1. The molecule has 24 heavy (non-hydrogen) atoms. The van der Waals surface area contributed by atoms with E-state index in [-0.39, 0.29) is 12.5 Å². The van der Waals surface area contributed by atoms with Crippen molar-refractivity contribution in [2.24, 2.45) is 0 Å². The van der Waals surface area contributed by atoms with Crippen LogP contribution in [0.15, 0.2) is 28.8 Å². The Morgan fingerprint density at radius 1 is 1.46 bits per heavy atom. The second kappa shape index (κ2) is 6.60. The molecule has 128 valence electrons. The van der Waals surface area contributed by atoms with Gasteiger partial charge < -0.3 is 19.3 Å². The molecule has 1 aliphatic heterocycles. The van der Waals surface area contributed by atoms with Crippen molar-refractivity contribution >= 4 is 5.91 Å². The van der Waals surface area contributed by atoms with Crippen molar-refractivity contribution < 1.29 is 19.2 Å². The molecule has 1 fully saturated rings. The summed E-state index contributed by atoms with van der Waals surface area (Å²) in [5.41, 5.74) is 1.06. The maximum absolute atomic E-state index is 12.8. The van der Waals surface area contributed by atoms with Crippen LogP contribution in [0.25, 0.3) is 0 Å². The molecule has 0 radical (unpaired) electrons. The zero-order chi connectivity index (χ0) is 17.3. The number of rotatable bonds is 4. The number of hydrogen-bond acceptors (Lipinski definition) is 6. The molecule has 1 saturated heterocycles. The largest absolute Gasteiger partial charge is 0.481 e. The molecule has 1 N–H and O–H groups in total. The van der Waals surface area contributed by atoms with Crippen LogP contribution in [-0.4, -0.2) is 44.8 Å². The lowest BCUT2D eigenvalue weighted by molar-refractivity contribution is -0.139. The molecule has 1 aromatic carbocycles. The first-order valence-electron chi connectivity index (χ1n) is 7.96. The summed E-state index contributed by atoms with van der Waals surface area (Å²) >= 11 is 0. The highest BCUT2D eigenvalue weighted by molar-refractivity contribution is 5.81. The number of benzene rings is 1. The van der Waals surface area contributed by atoms with Crippen LogP contribution in [-0.2, 0) is 4.79 Å². The van der Waals surface area contributed by atoms with Gasteiger partial charge in [-0.05, 0) is 38.5 Å². The Bertz CT molecular complexity index is 730. The minimum atomic E-state index is -0.677. The van der Waals surface area contributed by atoms with E-state index >= 15 is 0 Å². The molecule has 1 aliphatic rings. The van der Waals surface area contributed by atoms with Gasteiger partial charge in [0.2, 0.25) is 5.89 Å². The minimum absolute atomic E-state index is 0.214. The van der Waals surface area contributed by atoms with Gasteiger partial charge in [0.25, 0.3) is 5.91 Å². The van der Waals surface area contributed by atoms with Gasteiger partial charge in [0.15, 0.2) is 11.9 Å². The number of nitrogens with zero attached hydrogens (tertiary/aromatic N) is 3. The highest BCUT2D eigenvalue weighted by Crippen LogP contribution is 2.32. The van der Waals surface area contributed by atoms with Crippen molar-refractivity contribution in [3.8, 4) is 5.75 Å². The molecular weight excluding hydrogens is 310 g/mol. The van der Waals surface area contributed by atoms with Crippen LogP contribution in [0.3, 0.4) is 0 Å². The summed E-state index contributed by atoms with van der Waals surface area (Å²) < 4.78 is 10.9. The summed E-state index contributed by atoms with van der Waals surface area (Å²) in [6.07, 6.45) is -0.911. The SMILES string of the molecule is Cc1cccc(O[C@H](C)C(=O)N2C[C@H](O)C[C@@H]2c2nc(C)no2)c1. The fourth-order valence-corrected chi connectivity index (χ4v) is 2.92. The number of carbonyl (C=O) groups excluding carboxylic acids is 1. The average molecular weight is 331 g/mol. The highest BCUT2D eigenvalue weighted by atomic mass is 16.5. The summed E-state index contributed by atoms with van der Waals surface area (Å²) in [6.45, 7) is 5.61. The Morgan fingerprint density at radius 2 is 2.25 bits per heavy atom. The number of likely N-dealkylation sites (tertiary alicyclic amines) is 1. The van der Waals surface area contributed by atoms with Gasteiger partial charge in [0, 0.05) is 13.0 Å². The molecular formula is C17H21N3O4. The molecule has 1 amide bonds. The van der Waals surface area contributed by atoms with Gasteiger partial charge in [-0.25, -0.2) is 0 Å². The normalized spacial score (nSPS) is 21.8.